The Morgan fingerprint density at radius 3 is 2.32 bits per heavy atom. The van der Waals surface area contributed by atoms with Gasteiger partial charge in [0.15, 0.2) is 0 Å². The number of ether oxygens (including phenoxy) is 2. The van der Waals surface area contributed by atoms with Crippen molar-refractivity contribution in [2.75, 3.05) is 25.6 Å². The van der Waals surface area contributed by atoms with Gasteiger partial charge in [-0.15, -0.1) is 11.6 Å². The van der Waals surface area contributed by atoms with Crippen LogP contribution in [-0.2, 0) is 9.53 Å². The molecule has 154 valence electrons. The monoisotopic (exact) mass is 410 g/mol. The van der Waals surface area contributed by atoms with Crippen LogP contribution in [0.5, 0.6) is 5.75 Å². The van der Waals surface area contributed by atoms with E-state index in [1.54, 1.807) is 36.1 Å². The lowest BCUT2D eigenvalue weighted by atomic mass is 9.93. The van der Waals surface area contributed by atoms with E-state index in [9.17, 15) is 14.4 Å². The number of hydrogen-bond donors (Lipinski definition) is 1. The summed E-state index contributed by atoms with van der Waals surface area (Å²) in [6, 6.07) is 6.40. The van der Waals surface area contributed by atoms with Crippen molar-refractivity contribution in [3.05, 3.63) is 29.8 Å². The Balaban J connectivity index is 1.86. The zero-order chi connectivity index (χ0) is 20.7. The number of carbonyl (C=O) groups excluding carboxylic acids is 3. The maximum atomic E-state index is 12.7. The molecule has 1 N–H and O–H groups in total. The van der Waals surface area contributed by atoms with Crippen molar-refractivity contribution >= 4 is 29.6 Å². The fourth-order valence-electron chi connectivity index (χ4n) is 2.76. The minimum atomic E-state index is -0.775. The first-order valence-corrected chi connectivity index (χ1v) is 9.91. The Morgan fingerprint density at radius 1 is 1.18 bits per heavy atom. The highest BCUT2D eigenvalue weighted by atomic mass is 35.5. The zero-order valence-electron chi connectivity index (χ0n) is 16.5. The molecule has 0 radical (unpaired) electrons. The van der Waals surface area contributed by atoms with Crippen molar-refractivity contribution in [2.45, 2.75) is 39.7 Å². The van der Waals surface area contributed by atoms with Gasteiger partial charge in [0.1, 0.15) is 5.75 Å². The fourth-order valence-corrected chi connectivity index (χ4v) is 2.88. The minimum absolute atomic E-state index is 0.0411. The van der Waals surface area contributed by atoms with Crippen molar-refractivity contribution in [3.63, 3.8) is 0 Å². The molecule has 0 spiro atoms. The first-order chi connectivity index (χ1) is 13.3. The number of benzene rings is 1. The van der Waals surface area contributed by atoms with Crippen LogP contribution in [0, 0.1) is 5.41 Å². The molecule has 7 nitrogen and oxygen atoms in total. The fraction of sp³-hybridized carbons (Fsp3) is 0.550. The number of hydrogen-bond acceptors (Lipinski definition) is 5. The highest BCUT2D eigenvalue weighted by Gasteiger charge is 2.30. The third kappa shape index (κ3) is 5.86. The predicted molar refractivity (Wildman–Crippen MR) is 106 cm³/mol. The quantitative estimate of drug-likeness (QED) is 0.442. The van der Waals surface area contributed by atoms with Gasteiger partial charge in [0, 0.05) is 30.6 Å². The number of amides is 2. The zero-order valence-corrected chi connectivity index (χ0v) is 17.3. The Labute approximate surface area is 170 Å². The molecule has 0 unspecified atom stereocenters. The molecule has 1 saturated heterocycles. The van der Waals surface area contributed by atoms with Crippen LogP contribution in [0.15, 0.2) is 24.3 Å². The predicted octanol–water partition coefficient (Wildman–Crippen LogP) is 3.21. The lowest BCUT2D eigenvalue weighted by molar-refractivity contribution is -0.129. The molecular weight excluding hydrogens is 384 g/mol. The largest absolute Gasteiger partial charge is 0.513 e. The summed E-state index contributed by atoms with van der Waals surface area (Å²) >= 11 is 5.84. The molecule has 1 aliphatic rings. The van der Waals surface area contributed by atoms with E-state index in [1.807, 2.05) is 13.8 Å². The van der Waals surface area contributed by atoms with Crippen LogP contribution in [0.4, 0.5) is 4.79 Å². The van der Waals surface area contributed by atoms with Gasteiger partial charge in [-0.1, -0.05) is 0 Å². The molecule has 2 amide bonds. The molecule has 8 heteroatoms. The summed E-state index contributed by atoms with van der Waals surface area (Å²) in [5.74, 6) is 0.419. The number of piperidine rings is 1. The van der Waals surface area contributed by atoms with E-state index in [1.165, 1.54) is 0 Å². The standard InChI is InChI=1S/C20H27ClN2O5/c1-4-27-19(26)28-16-7-5-14(6-8-16)17(24)23-11-9-15(10-12-23)22-18(25)20(2,3)13-21/h5-8,15H,4,9-13H2,1-3H3,(H,22,25). The summed E-state index contributed by atoms with van der Waals surface area (Å²) in [7, 11) is 0. The van der Waals surface area contributed by atoms with E-state index >= 15 is 0 Å². The molecule has 1 aliphatic heterocycles. The summed E-state index contributed by atoms with van der Waals surface area (Å²) in [5.41, 5.74) is -0.0935. The smallest absolute Gasteiger partial charge is 0.434 e. The Morgan fingerprint density at radius 2 is 1.79 bits per heavy atom. The summed E-state index contributed by atoms with van der Waals surface area (Å²) in [6.07, 6.45) is 0.614. The van der Waals surface area contributed by atoms with Gasteiger partial charge in [0.2, 0.25) is 5.91 Å². The van der Waals surface area contributed by atoms with Gasteiger partial charge in [-0.2, -0.15) is 0 Å². The Bertz CT molecular complexity index is 697. The normalized spacial score (nSPS) is 15.1. The van der Waals surface area contributed by atoms with Gasteiger partial charge in [-0.05, 0) is 57.9 Å². The number of likely N-dealkylation sites (tertiary alicyclic amines) is 1. The van der Waals surface area contributed by atoms with Crippen LogP contribution < -0.4 is 10.1 Å². The molecular formula is C20H27ClN2O5. The van der Waals surface area contributed by atoms with Crippen LogP contribution >= 0.6 is 11.6 Å². The topological polar surface area (TPSA) is 84.9 Å². The van der Waals surface area contributed by atoms with Gasteiger partial charge >= 0.3 is 6.16 Å². The van der Waals surface area contributed by atoms with Gasteiger partial charge in [0.25, 0.3) is 5.91 Å². The lowest BCUT2D eigenvalue weighted by Crippen LogP contribution is -2.49. The average molecular weight is 411 g/mol. The second-order valence-corrected chi connectivity index (χ2v) is 7.63. The molecule has 1 aromatic rings. The van der Waals surface area contributed by atoms with Crippen molar-refractivity contribution in [2.24, 2.45) is 5.41 Å². The first-order valence-electron chi connectivity index (χ1n) is 9.37. The van der Waals surface area contributed by atoms with Gasteiger partial charge in [-0.25, -0.2) is 4.79 Å². The number of halogens is 1. The molecule has 0 atom stereocenters. The molecule has 0 aliphatic carbocycles. The number of alkyl halides is 1. The van der Waals surface area contributed by atoms with Crippen LogP contribution in [0.1, 0.15) is 44.0 Å². The second kappa shape index (κ2) is 9.78. The molecule has 2 rings (SSSR count). The Kier molecular flexibility index (Phi) is 7.69. The highest BCUT2D eigenvalue weighted by molar-refractivity contribution is 6.19. The van der Waals surface area contributed by atoms with Crippen molar-refractivity contribution < 1.29 is 23.9 Å². The second-order valence-electron chi connectivity index (χ2n) is 7.37. The number of nitrogens with one attached hydrogen (secondary N) is 1. The molecule has 0 saturated carbocycles. The number of rotatable bonds is 6. The maximum Gasteiger partial charge on any atom is 0.513 e. The van der Waals surface area contributed by atoms with Crippen LogP contribution in [0.2, 0.25) is 0 Å². The number of nitrogens with zero attached hydrogens (tertiary/aromatic N) is 1. The average Bonchev–Trinajstić information content (AvgIpc) is 2.68. The lowest BCUT2D eigenvalue weighted by Gasteiger charge is -2.34. The van der Waals surface area contributed by atoms with E-state index in [0.717, 1.165) is 0 Å². The van der Waals surface area contributed by atoms with Crippen LogP contribution in [-0.4, -0.2) is 54.5 Å². The Hall–Kier alpha value is -2.28. The SMILES string of the molecule is CCOC(=O)Oc1ccc(C(=O)N2CCC(NC(=O)C(C)(C)CCl)CC2)cc1. The van der Waals surface area contributed by atoms with E-state index in [0.29, 0.717) is 37.2 Å². The van der Waals surface area contributed by atoms with Crippen molar-refractivity contribution in [3.8, 4) is 5.75 Å². The van der Waals surface area contributed by atoms with Crippen LogP contribution in [0.25, 0.3) is 0 Å². The van der Waals surface area contributed by atoms with Gasteiger partial charge in [0.05, 0.1) is 12.0 Å². The summed E-state index contributed by atoms with van der Waals surface area (Å²) < 4.78 is 9.70. The number of carbonyl (C=O) groups is 3. The molecule has 0 bridgehead atoms. The highest BCUT2D eigenvalue weighted by Crippen LogP contribution is 2.20. The van der Waals surface area contributed by atoms with Crippen molar-refractivity contribution in [1.82, 2.24) is 10.2 Å². The molecule has 0 aromatic heterocycles. The van der Waals surface area contributed by atoms with E-state index in [-0.39, 0.29) is 30.3 Å². The molecule has 1 heterocycles. The molecule has 28 heavy (non-hydrogen) atoms. The van der Waals surface area contributed by atoms with Gasteiger partial charge < -0.3 is 19.7 Å². The van der Waals surface area contributed by atoms with E-state index in [4.69, 9.17) is 21.1 Å². The summed E-state index contributed by atoms with van der Waals surface area (Å²) in [5, 5.41) is 3.02. The maximum absolute atomic E-state index is 12.7. The van der Waals surface area contributed by atoms with Crippen molar-refractivity contribution in [1.29, 1.82) is 0 Å². The minimum Gasteiger partial charge on any atom is -0.434 e. The van der Waals surface area contributed by atoms with E-state index in [2.05, 4.69) is 5.32 Å². The molecule has 1 fully saturated rings. The summed E-state index contributed by atoms with van der Waals surface area (Å²) in [6.45, 7) is 6.66. The van der Waals surface area contributed by atoms with Gasteiger partial charge in [-0.3, -0.25) is 9.59 Å². The third-order valence-electron chi connectivity index (χ3n) is 4.63. The molecule has 1 aromatic carbocycles. The summed E-state index contributed by atoms with van der Waals surface area (Å²) in [4.78, 5) is 38.0. The van der Waals surface area contributed by atoms with E-state index < -0.39 is 11.6 Å². The third-order valence-corrected chi connectivity index (χ3v) is 5.30. The first kappa shape index (κ1) is 22.0. The van der Waals surface area contributed by atoms with Crippen LogP contribution in [0.3, 0.4) is 0 Å².